The number of carbonyl (C=O) groups excluding carboxylic acids is 1. The second-order valence-corrected chi connectivity index (χ2v) is 6.24. The van der Waals surface area contributed by atoms with E-state index in [9.17, 15) is 4.79 Å². The molecule has 0 saturated carbocycles. The number of benzene rings is 2. The second-order valence-electron chi connectivity index (χ2n) is 4.89. The van der Waals surface area contributed by atoms with E-state index in [0.29, 0.717) is 17.3 Å². The van der Waals surface area contributed by atoms with E-state index in [4.69, 9.17) is 16.1 Å². The van der Waals surface area contributed by atoms with E-state index < -0.39 is 0 Å². The first-order chi connectivity index (χ1) is 11.1. The highest BCUT2D eigenvalue weighted by Crippen LogP contribution is 2.22. The van der Waals surface area contributed by atoms with Crippen molar-refractivity contribution in [2.24, 2.45) is 0 Å². The molecule has 1 heterocycles. The molecule has 1 aromatic heterocycles. The van der Waals surface area contributed by atoms with Crippen molar-refractivity contribution < 1.29 is 9.32 Å². The van der Waals surface area contributed by atoms with E-state index in [0.717, 1.165) is 15.6 Å². The number of halogens is 2. The molecule has 3 rings (SSSR count). The maximum atomic E-state index is 12.1. The van der Waals surface area contributed by atoms with E-state index in [1.54, 1.807) is 18.2 Å². The Morgan fingerprint density at radius 1 is 1.13 bits per heavy atom. The highest BCUT2D eigenvalue weighted by Gasteiger charge is 2.13. The van der Waals surface area contributed by atoms with Crippen LogP contribution in [0.4, 0.5) is 0 Å². The predicted molar refractivity (Wildman–Crippen MR) is 92.3 cm³/mol. The van der Waals surface area contributed by atoms with Gasteiger partial charge in [-0.15, -0.1) is 0 Å². The first-order valence-corrected chi connectivity index (χ1v) is 8.04. The van der Waals surface area contributed by atoms with Crippen LogP contribution in [-0.4, -0.2) is 11.1 Å². The summed E-state index contributed by atoms with van der Waals surface area (Å²) in [5, 5.41) is 7.28. The summed E-state index contributed by atoms with van der Waals surface area (Å²) < 4.78 is 6.21. The summed E-state index contributed by atoms with van der Waals surface area (Å²) >= 11 is 9.20. The molecule has 1 N–H and O–H groups in total. The van der Waals surface area contributed by atoms with Crippen molar-refractivity contribution in [1.29, 1.82) is 0 Å². The molecule has 1 amide bonds. The molecule has 0 aliphatic carbocycles. The molecule has 23 heavy (non-hydrogen) atoms. The summed E-state index contributed by atoms with van der Waals surface area (Å²) in [4.78, 5) is 12.1. The Morgan fingerprint density at radius 3 is 2.52 bits per heavy atom. The Hall–Kier alpha value is -2.11. The molecule has 0 atom stereocenters. The Labute approximate surface area is 146 Å². The van der Waals surface area contributed by atoms with Crippen LogP contribution in [-0.2, 0) is 6.54 Å². The Bertz CT molecular complexity index is 813. The molecule has 3 aromatic rings. The van der Waals surface area contributed by atoms with Gasteiger partial charge in [-0.2, -0.15) is 0 Å². The highest BCUT2D eigenvalue weighted by molar-refractivity contribution is 9.10. The van der Waals surface area contributed by atoms with Gasteiger partial charge in [0.1, 0.15) is 0 Å². The normalized spacial score (nSPS) is 10.5. The standard InChI is InChI=1S/C17H12BrClN2O2/c18-13-5-3-12(4-6-13)16-9-15(21-23-16)17(22)20-10-11-1-7-14(19)8-2-11/h1-9H,10H2,(H,20,22). The quantitative estimate of drug-likeness (QED) is 0.702. The lowest BCUT2D eigenvalue weighted by Gasteiger charge is -2.02. The molecule has 116 valence electrons. The van der Waals surface area contributed by atoms with Crippen LogP contribution in [0.3, 0.4) is 0 Å². The van der Waals surface area contributed by atoms with Gasteiger partial charge in [-0.3, -0.25) is 4.79 Å². The summed E-state index contributed by atoms with van der Waals surface area (Å²) in [6.07, 6.45) is 0. The lowest BCUT2D eigenvalue weighted by Crippen LogP contribution is -2.22. The summed E-state index contributed by atoms with van der Waals surface area (Å²) in [7, 11) is 0. The van der Waals surface area contributed by atoms with Crippen LogP contribution in [0, 0.1) is 0 Å². The number of hydrogen-bond acceptors (Lipinski definition) is 3. The average molecular weight is 392 g/mol. The zero-order valence-electron chi connectivity index (χ0n) is 11.9. The Balaban J connectivity index is 1.66. The topological polar surface area (TPSA) is 55.1 Å². The van der Waals surface area contributed by atoms with E-state index >= 15 is 0 Å². The zero-order valence-corrected chi connectivity index (χ0v) is 14.3. The fourth-order valence-corrected chi connectivity index (χ4v) is 2.40. The first kappa shape index (κ1) is 15.8. The number of hydrogen-bond donors (Lipinski definition) is 1. The number of amides is 1. The molecule has 0 radical (unpaired) electrons. The van der Waals surface area contributed by atoms with Gasteiger partial charge in [-0.25, -0.2) is 0 Å². The smallest absolute Gasteiger partial charge is 0.273 e. The maximum Gasteiger partial charge on any atom is 0.273 e. The van der Waals surface area contributed by atoms with Crippen LogP contribution in [0.25, 0.3) is 11.3 Å². The fraction of sp³-hybridized carbons (Fsp3) is 0.0588. The van der Waals surface area contributed by atoms with Crippen molar-refractivity contribution >= 4 is 33.4 Å². The van der Waals surface area contributed by atoms with E-state index in [1.165, 1.54) is 0 Å². The third-order valence-corrected chi connectivity index (χ3v) is 4.02. The van der Waals surface area contributed by atoms with Gasteiger partial charge in [0.2, 0.25) is 0 Å². The van der Waals surface area contributed by atoms with Gasteiger partial charge in [-0.05, 0) is 29.8 Å². The second kappa shape index (κ2) is 6.98. The maximum absolute atomic E-state index is 12.1. The van der Waals surface area contributed by atoms with Gasteiger partial charge in [0.15, 0.2) is 11.5 Å². The molecule has 2 aromatic carbocycles. The Morgan fingerprint density at radius 2 is 1.83 bits per heavy atom. The lowest BCUT2D eigenvalue weighted by atomic mass is 10.1. The van der Waals surface area contributed by atoms with Gasteiger partial charge in [0.05, 0.1) is 0 Å². The molecular weight excluding hydrogens is 380 g/mol. The molecular formula is C17H12BrClN2O2. The number of carbonyl (C=O) groups is 1. The zero-order chi connectivity index (χ0) is 16.2. The lowest BCUT2D eigenvalue weighted by molar-refractivity contribution is 0.0942. The van der Waals surface area contributed by atoms with Crippen LogP contribution in [0.15, 0.2) is 63.6 Å². The van der Waals surface area contributed by atoms with Crippen molar-refractivity contribution in [3.8, 4) is 11.3 Å². The Kier molecular flexibility index (Phi) is 4.79. The van der Waals surface area contributed by atoms with Crippen molar-refractivity contribution in [2.75, 3.05) is 0 Å². The molecule has 0 saturated heterocycles. The van der Waals surface area contributed by atoms with Crippen molar-refractivity contribution in [3.05, 3.63) is 75.4 Å². The SMILES string of the molecule is O=C(NCc1ccc(Cl)cc1)c1cc(-c2ccc(Br)cc2)on1. The third-order valence-electron chi connectivity index (χ3n) is 3.24. The van der Waals surface area contributed by atoms with Crippen LogP contribution >= 0.6 is 27.5 Å². The van der Waals surface area contributed by atoms with Crippen molar-refractivity contribution in [3.63, 3.8) is 0 Å². The summed E-state index contributed by atoms with van der Waals surface area (Å²) in [5.41, 5.74) is 2.06. The third kappa shape index (κ3) is 4.00. The van der Waals surface area contributed by atoms with Crippen molar-refractivity contribution in [2.45, 2.75) is 6.54 Å². The molecule has 0 aliphatic rings. The van der Waals surface area contributed by atoms with Crippen molar-refractivity contribution in [1.82, 2.24) is 10.5 Å². The van der Waals surface area contributed by atoms with Crippen LogP contribution < -0.4 is 5.32 Å². The fourth-order valence-electron chi connectivity index (χ4n) is 2.01. The number of nitrogens with one attached hydrogen (secondary N) is 1. The molecule has 0 aliphatic heterocycles. The number of rotatable bonds is 4. The monoisotopic (exact) mass is 390 g/mol. The minimum absolute atomic E-state index is 0.247. The molecule has 0 fully saturated rings. The predicted octanol–water partition coefficient (Wildman–Crippen LogP) is 4.69. The van der Waals surface area contributed by atoms with E-state index in [1.807, 2.05) is 36.4 Å². The van der Waals surface area contributed by atoms with Crippen LogP contribution in [0.2, 0.25) is 5.02 Å². The minimum Gasteiger partial charge on any atom is -0.355 e. The minimum atomic E-state index is -0.285. The van der Waals surface area contributed by atoms with Gasteiger partial charge in [0, 0.05) is 27.7 Å². The molecule has 4 nitrogen and oxygen atoms in total. The number of aromatic nitrogens is 1. The largest absolute Gasteiger partial charge is 0.355 e. The van der Waals surface area contributed by atoms with Gasteiger partial charge < -0.3 is 9.84 Å². The van der Waals surface area contributed by atoms with Gasteiger partial charge in [-0.1, -0.05) is 57.0 Å². The first-order valence-electron chi connectivity index (χ1n) is 6.87. The van der Waals surface area contributed by atoms with Crippen LogP contribution in [0.5, 0.6) is 0 Å². The molecule has 0 bridgehead atoms. The average Bonchev–Trinajstić information content (AvgIpc) is 3.05. The summed E-state index contributed by atoms with van der Waals surface area (Å²) in [6.45, 7) is 0.399. The van der Waals surface area contributed by atoms with E-state index in [-0.39, 0.29) is 11.6 Å². The molecule has 6 heteroatoms. The highest BCUT2D eigenvalue weighted by atomic mass is 79.9. The summed E-state index contributed by atoms with van der Waals surface area (Å²) in [5.74, 6) is 0.265. The molecule has 0 unspecified atom stereocenters. The van der Waals surface area contributed by atoms with Crippen LogP contribution in [0.1, 0.15) is 16.1 Å². The van der Waals surface area contributed by atoms with E-state index in [2.05, 4.69) is 26.4 Å². The van der Waals surface area contributed by atoms with Gasteiger partial charge >= 0.3 is 0 Å². The molecule has 0 spiro atoms. The van der Waals surface area contributed by atoms with Gasteiger partial charge in [0.25, 0.3) is 5.91 Å². The summed E-state index contributed by atoms with van der Waals surface area (Å²) in [6, 6.07) is 16.5. The number of nitrogens with zero attached hydrogens (tertiary/aromatic N) is 1.